The summed E-state index contributed by atoms with van der Waals surface area (Å²) in [5, 5.41) is 15.6. The SMILES string of the molecule is C=CCCl.O=C(O)/C=C\C(=O)O. The summed E-state index contributed by atoms with van der Waals surface area (Å²) < 4.78 is 0. The zero-order valence-corrected chi connectivity index (χ0v) is 6.99. The van der Waals surface area contributed by atoms with Gasteiger partial charge >= 0.3 is 11.9 Å². The molecule has 0 heterocycles. The molecule has 68 valence electrons. The van der Waals surface area contributed by atoms with E-state index in [1.807, 2.05) is 0 Å². The molecule has 5 heteroatoms. The summed E-state index contributed by atoms with van der Waals surface area (Å²) in [5.41, 5.74) is 0. The van der Waals surface area contributed by atoms with E-state index in [1.54, 1.807) is 6.08 Å². The van der Waals surface area contributed by atoms with Crippen LogP contribution in [0.3, 0.4) is 0 Å². The van der Waals surface area contributed by atoms with Crippen LogP contribution in [0.2, 0.25) is 0 Å². The fourth-order valence-electron chi connectivity index (χ4n) is 0.143. The largest absolute Gasteiger partial charge is 0.478 e. The number of halogens is 1. The molecule has 0 aliphatic rings. The van der Waals surface area contributed by atoms with Gasteiger partial charge in [0.05, 0.1) is 0 Å². The van der Waals surface area contributed by atoms with Gasteiger partial charge in [0.15, 0.2) is 0 Å². The zero-order chi connectivity index (χ0) is 9.98. The standard InChI is InChI=1S/C4H4O4.C3H5Cl/c5-3(6)1-2-4(7)8;1-2-3-4/h1-2H,(H,5,6)(H,7,8);2H,1,3H2/b2-1-;. The maximum absolute atomic E-state index is 9.55. The molecule has 0 aliphatic heterocycles. The second-order valence-electron chi connectivity index (χ2n) is 1.45. The number of carbonyl (C=O) groups is 2. The molecule has 0 fully saturated rings. The number of hydrogen-bond donors (Lipinski definition) is 2. The molecule has 0 aromatic carbocycles. The summed E-state index contributed by atoms with van der Waals surface area (Å²) in [6.45, 7) is 3.35. The van der Waals surface area contributed by atoms with Gasteiger partial charge in [-0.3, -0.25) is 0 Å². The summed E-state index contributed by atoms with van der Waals surface area (Å²) in [7, 11) is 0. The second kappa shape index (κ2) is 9.71. The van der Waals surface area contributed by atoms with Crippen molar-refractivity contribution < 1.29 is 19.8 Å². The van der Waals surface area contributed by atoms with E-state index in [0.717, 1.165) is 0 Å². The van der Waals surface area contributed by atoms with Gasteiger partial charge in [-0.1, -0.05) is 6.08 Å². The van der Waals surface area contributed by atoms with Gasteiger partial charge in [-0.25, -0.2) is 9.59 Å². The average Bonchev–Trinajstić information content (AvgIpc) is 2.01. The number of allylic oxidation sites excluding steroid dienone is 1. The van der Waals surface area contributed by atoms with Gasteiger partial charge in [0.1, 0.15) is 0 Å². The van der Waals surface area contributed by atoms with Crippen LogP contribution in [0.5, 0.6) is 0 Å². The molecule has 12 heavy (non-hydrogen) atoms. The number of hydrogen-bond acceptors (Lipinski definition) is 2. The highest BCUT2D eigenvalue weighted by molar-refractivity contribution is 6.18. The monoisotopic (exact) mass is 192 g/mol. The van der Waals surface area contributed by atoms with E-state index in [2.05, 4.69) is 6.58 Å². The third kappa shape index (κ3) is 23.3. The lowest BCUT2D eigenvalue weighted by molar-refractivity contribution is -0.134. The topological polar surface area (TPSA) is 74.6 Å². The Morgan fingerprint density at radius 2 is 1.50 bits per heavy atom. The molecule has 0 spiro atoms. The molecule has 0 rings (SSSR count). The minimum absolute atomic E-state index is 0.556. The van der Waals surface area contributed by atoms with E-state index in [9.17, 15) is 9.59 Å². The molecule has 0 amide bonds. The normalized spacial score (nSPS) is 8.42. The first-order valence-corrected chi connectivity index (χ1v) is 3.38. The zero-order valence-electron chi connectivity index (χ0n) is 6.24. The molecular formula is C7H9ClO4. The molecular weight excluding hydrogens is 184 g/mol. The van der Waals surface area contributed by atoms with Crippen LogP contribution in [-0.2, 0) is 9.59 Å². The fraction of sp³-hybridized carbons (Fsp3) is 0.143. The molecule has 0 aromatic heterocycles. The molecule has 0 unspecified atom stereocenters. The molecule has 2 N–H and O–H groups in total. The molecule has 4 nitrogen and oxygen atoms in total. The molecule has 0 atom stereocenters. The lowest BCUT2D eigenvalue weighted by atomic mass is 10.5. The van der Waals surface area contributed by atoms with Crippen LogP contribution >= 0.6 is 11.6 Å². The number of rotatable bonds is 3. The Hall–Kier alpha value is -1.29. The van der Waals surface area contributed by atoms with Crippen LogP contribution in [0.15, 0.2) is 24.8 Å². The van der Waals surface area contributed by atoms with Gasteiger partial charge in [0.25, 0.3) is 0 Å². The average molecular weight is 193 g/mol. The smallest absolute Gasteiger partial charge is 0.328 e. The van der Waals surface area contributed by atoms with Crippen molar-refractivity contribution in [2.45, 2.75) is 0 Å². The lowest BCUT2D eigenvalue weighted by Crippen LogP contribution is -1.91. The van der Waals surface area contributed by atoms with Gasteiger partial charge in [-0.05, 0) is 0 Å². The van der Waals surface area contributed by atoms with Crippen LogP contribution in [0.4, 0.5) is 0 Å². The van der Waals surface area contributed by atoms with Gasteiger partial charge in [0.2, 0.25) is 0 Å². The quantitative estimate of drug-likeness (QED) is 0.399. The Morgan fingerprint density at radius 3 is 1.58 bits per heavy atom. The van der Waals surface area contributed by atoms with E-state index in [1.165, 1.54) is 0 Å². The minimum Gasteiger partial charge on any atom is -0.478 e. The Labute approximate surface area is 74.8 Å². The van der Waals surface area contributed by atoms with Crippen molar-refractivity contribution in [1.29, 1.82) is 0 Å². The van der Waals surface area contributed by atoms with Crippen LogP contribution in [0, 0.1) is 0 Å². The first-order valence-electron chi connectivity index (χ1n) is 2.85. The van der Waals surface area contributed by atoms with Crippen molar-refractivity contribution in [2.75, 3.05) is 5.88 Å². The molecule has 0 aliphatic carbocycles. The minimum atomic E-state index is -1.26. The predicted molar refractivity (Wildman–Crippen MR) is 45.3 cm³/mol. The number of aliphatic carboxylic acids is 2. The Morgan fingerprint density at radius 1 is 1.25 bits per heavy atom. The first-order chi connectivity index (χ1) is 5.54. The van der Waals surface area contributed by atoms with Crippen molar-refractivity contribution in [3.8, 4) is 0 Å². The maximum atomic E-state index is 9.55. The van der Waals surface area contributed by atoms with E-state index in [4.69, 9.17) is 21.8 Å². The van der Waals surface area contributed by atoms with Crippen molar-refractivity contribution in [3.05, 3.63) is 24.8 Å². The predicted octanol–water partition coefficient (Wildman–Crippen LogP) is 1.12. The van der Waals surface area contributed by atoms with E-state index in [-0.39, 0.29) is 0 Å². The van der Waals surface area contributed by atoms with Crippen molar-refractivity contribution in [2.24, 2.45) is 0 Å². The fourth-order valence-corrected chi connectivity index (χ4v) is 0.143. The third-order valence-electron chi connectivity index (χ3n) is 0.478. The third-order valence-corrected chi connectivity index (χ3v) is 0.696. The molecule has 0 radical (unpaired) electrons. The summed E-state index contributed by atoms with van der Waals surface area (Å²) in [5.74, 6) is -1.96. The molecule has 0 aromatic rings. The van der Waals surface area contributed by atoms with Crippen LogP contribution in [-0.4, -0.2) is 28.0 Å². The van der Waals surface area contributed by atoms with Crippen LogP contribution < -0.4 is 0 Å². The molecule has 0 bridgehead atoms. The highest BCUT2D eigenvalue weighted by Crippen LogP contribution is 1.70. The van der Waals surface area contributed by atoms with Gasteiger partial charge in [-0.2, -0.15) is 0 Å². The molecule has 0 saturated carbocycles. The number of carboxylic acid groups (broad SMARTS) is 2. The maximum Gasteiger partial charge on any atom is 0.328 e. The van der Waals surface area contributed by atoms with Crippen molar-refractivity contribution >= 4 is 23.5 Å². The summed E-state index contributed by atoms with van der Waals surface area (Å²) in [6, 6.07) is 0. The Bertz CT molecular complexity index is 170. The first kappa shape index (κ1) is 13.3. The molecule has 0 saturated heterocycles. The second-order valence-corrected chi connectivity index (χ2v) is 1.76. The van der Waals surface area contributed by atoms with Crippen LogP contribution in [0.25, 0.3) is 0 Å². The van der Waals surface area contributed by atoms with Crippen LogP contribution in [0.1, 0.15) is 0 Å². The number of carboxylic acids is 2. The van der Waals surface area contributed by atoms with E-state index in [0.29, 0.717) is 18.0 Å². The van der Waals surface area contributed by atoms with Crippen molar-refractivity contribution in [3.63, 3.8) is 0 Å². The van der Waals surface area contributed by atoms with E-state index >= 15 is 0 Å². The highest BCUT2D eigenvalue weighted by atomic mass is 35.5. The number of alkyl halides is 1. The van der Waals surface area contributed by atoms with Gasteiger partial charge < -0.3 is 10.2 Å². The summed E-state index contributed by atoms with van der Waals surface area (Å²) in [6.07, 6.45) is 2.76. The van der Waals surface area contributed by atoms with Gasteiger partial charge in [0, 0.05) is 18.0 Å². The Kier molecular flexibility index (Phi) is 10.8. The van der Waals surface area contributed by atoms with Crippen molar-refractivity contribution in [1.82, 2.24) is 0 Å². The summed E-state index contributed by atoms with van der Waals surface area (Å²) in [4.78, 5) is 19.1. The van der Waals surface area contributed by atoms with Gasteiger partial charge in [-0.15, -0.1) is 18.2 Å². The Balaban J connectivity index is 0. The lowest BCUT2D eigenvalue weighted by Gasteiger charge is -1.74. The van der Waals surface area contributed by atoms with E-state index < -0.39 is 11.9 Å². The summed E-state index contributed by atoms with van der Waals surface area (Å²) >= 11 is 5.07. The highest BCUT2D eigenvalue weighted by Gasteiger charge is 1.88.